The highest BCUT2D eigenvalue weighted by Gasteiger charge is 2.26. The van der Waals surface area contributed by atoms with Crippen LogP contribution in [0.25, 0.3) is 0 Å². The number of hydrogen-bond donors (Lipinski definition) is 1. The first-order chi connectivity index (χ1) is 9.13. The summed E-state index contributed by atoms with van der Waals surface area (Å²) in [5, 5.41) is 2.66. The molecule has 0 fully saturated rings. The zero-order valence-corrected chi connectivity index (χ0v) is 11.5. The van der Waals surface area contributed by atoms with Gasteiger partial charge in [-0.15, -0.1) is 0 Å². The van der Waals surface area contributed by atoms with Crippen molar-refractivity contribution in [3.8, 4) is 0 Å². The molecule has 0 saturated heterocycles. The average molecular weight is 260 g/mol. The molecule has 0 spiro atoms. The van der Waals surface area contributed by atoms with E-state index >= 15 is 0 Å². The summed E-state index contributed by atoms with van der Waals surface area (Å²) in [6.45, 7) is 5.02. The van der Waals surface area contributed by atoms with Gasteiger partial charge in [0.1, 0.15) is 0 Å². The molecule has 0 aliphatic carbocycles. The van der Waals surface area contributed by atoms with Crippen LogP contribution in [0.5, 0.6) is 0 Å². The van der Waals surface area contributed by atoms with Gasteiger partial charge in [0.2, 0.25) is 5.91 Å². The maximum atomic E-state index is 12.2. The number of fused-ring (bicyclic) bond motifs is 1. The Morgan fingerprint density at radius 1 is 1.32 bits per heavy atom. The second-order valence-electron chi connectivity index (χ2n) is 5.10. The van der Waals surface area contributed by atoms with Crippen molar-refractivity contribution in [1.29, 1.82) is 0 Å². The number of carbonyl (C=O) groups excluding carboxylic acids is 2. The average Bonchev–Trinajstić information content (AvgIpc) is 2.52. The molecule has 1 aromatic rings. The molecular formula is C15H20N2O2. The fourth-order valence-electron chi connectivity index (χ4n) is 2.48. The lowest BCUT2D eigenvalue weighted by atomic mass is 10.0. The van der Waals surface area contributed by atoms with E-state index in [1.807, 2.05) is 18.2 Å². The third kappa shape index (κ3) is 2.95. The minimum absolute atomic E-state index is 0.0405. The Hall–Kier alpha value is -1.84. The van der Waals surface area contributed by atoms with Gasteiger partial charge in [0.05, 0.1) is 17.8 Å². The SMILES string of the molecule is CCCC(C)CN1C(=O)CNC(=O)c2ccccc21. The van der Waals surface area contributed by atoms with Gasteiger partial charge in [-0.05, 0) is 24.5 Å². The zero-order valence-electron chi connectivity index (χ0n) is 11.5. The Morgan fingerprint density at radius 3 is 2.79 bits per heavy atom. The standard InChI is InChI=1S/C15H20N2O2/c1-3-6-11(2)10-17-13-8-5-4-7-12(13)15(19)16-9-14(17)18/h4-5,7-8,11H,3,6,9-10H2,1-2H3,(H,16,19). The van der Waals surface area contributed by atoms with Gasteiger partial charge in [-0.25, -0.2) is 0 Å². The predicted molar refractivity (Wildman–Crippen MR) is 75.2 cm³/mol. The first-order valence-corrected chi connectivity index (χ1v) is 6.81. The lowest BCUT2D eigenvalue weighted by Crippen LogP contribution is -2.39. The van der Waals surface area contributed by atoms with Crippen molar-refractivity contribution in [3.05, 3.63) is 29.8 Å². The number of nitrogens with zero attached hydrogens (tertiary/aromatic N) is 1. The molecular weight excluding hydrogens is 240 g/mol. The number of carbonyl (C=O) groups is 2. The van der Waals surface area contributed by atoms with Crippen LogP contribution in [-0.2, 0) is 4.79 Å². The van der Waals surface area contributed by atoms with Gasteiger partial charge in [-0.1, -0.05) is 32.4 Å². The highest BCUT2D eigenvalue weighted by molar-refractivity contribution is 6.09. The van der Waals surface area contributed by atoms with Crippen LogP contribution >= 0.6 is 0 Å². The van der Waals surface area contributed by atoms with Gasteiger partial charge in [0.15, 0.2) is 0 Å². The molecule has 2 amide bonds. The van der Waals surface area contributed by atoms with Crippen molar-refractivity contribution in [2.24, 2.45) is 5.92 Å². The molecule has 4 nitrogen and oxygen atoms in total. The Morgan fingerprint density at radius 2 is 2.05 bits per heavy atom. The van der Waals surface area contributed by atoms with Crippen molar-refractivity contribution in [1.82, 2.24) is 5.32 Å². The molecule has 4 heteroatoms. The molecule has 102 valence electrons. The quantitative estimate of drug-likeness (QED) is 0.902. The largest absolute Gasteiger partial charge is 0.343 e. The molecule has 1 unspecified atom stereocenters. The van der Waals surface area contributed by atoms with Gasteiger partial charge in [0, 0.05) is 6.54 Å². The molecule has 0 radical (unpaired) electrons. The lowest BCUT2D eigenvalue weighted by molar-refractivity contribution is -0.117. The summed E-state index contributed by atoms with van der Waals surface area (Å²) in [5.41, 5.74) is 1.31. The van der Waals surface area contributed by atoms with Gasteiger partial charge < -0.3 is 10.2 Å². The van der Waals surface area contributed by atoms with Crippen LogP contribution in [0.2, 0.25) is 0 Å². The van der Waals surface area contributed by atoms with E-state index in [1.165, 1.54) is 0 Å². The number of hydrogen-bond acceptors (Lipinski definition) is 2. The topological polar surface area (TPSA) is 49.4 Å². The normalized spacial score (nSPS) is 16.6. The number of rotatable bonds is 4. The first-order valence-electron chi connectivity index (χ1n) is 6.81. The van der Waals surface area contributed by atoms with Gasteiger partial charge in [-0.3, -0.25) is 9.59 Å². The van der Waals surface area contributed by atoms with Crippen molar-refractivity contribution in [2.45, 2.75) is 26.7 Å². The molecule has 0 aromatic heterocycles. The van der Waals surface area contributed by atoms with Crippen molar-refractivity contribution >= 4 is 17.5 Å². The van der Waals surface area contributed by atoms with E-state index in [9.17, 15) is 9.59 Å². The molecule has 1 heterocycles. The van der Waals surface area contributed by atoms with E-state index < -0.39 is 0 Å². The van der Waals surface area contributed by atoms with E-state index in [2.05, 4.69) is 19.2 Å². The number of anilines is 1. The molecule has 2 rings (SSSR count). The molecule has 1 aliphatic rings. The van der Waals surface area contributed by atoms with Crippen LogP contribution < -0.4 is 10.2 Å². The summed E-state index contributed by atoms with van der Waals surface area (Å²) in [6, 6.07) is 7.29. The number of amides is 2. The summed E-state index contributed by atoms with van der Waals surface area (Å²) >= 11 is 0. The monoisotopic (exact) mass is 260 g/mol. The highest BCUT2D eigenvalue weighted by atomic mass is 16.2. The summed E-state index contributed by atoms with van der Waals surface area (Å²) in [7, 11) is 0. The van der Waals surface area contributed by atoms with Crippen molar-refractivity contribution in [3.63, 3.8) is 0 Å². The molecule has 19 heavy (non-hydrogen) atoms. The fraction of sp³-hybridized carbons (Fsp3) is 0.467. The van der Waals surface area contributed by atoms with Crippen LogP contribution in [-0.4, -0.2) is 24.9 Å². The van der Waals surface area contributed by atoms with Crippen LogP contribution in [0.15, 0.2) is 24.3 Å². The van der Waals surface area contributed by atoms with E-state index in [1.54, 1.807) is 11.0 Å². The number of benzene rings is 1. The van der Waals surface area contributed by atoms with Gasteiger partial charge >= 0.3 is 0 Å². The molecule has 1 aromatic carbocycles. The van der Waals surface area contributed by atoms with Crippen molar-refractivity contribution in [2.75, 3.05) is 18.0 Å². The molecule has 1 atom stereocenters. The minimum Gasteiger partial charge on any atom is -0.343 e. The number of para-hydroxylation sites is 1. The van der Waals surface area contributed by atoms with Gasteiger partial charge in [-0.2, -0.15) is 0 Å². The molecule has 0 bridgehead atoms. The fourth-order valence-corrected chi connectivity index (χ4v) is 2.48. The minimum atomic E-state index is -0.172. The van der Waals surface area contributed by atoms with E-state index in [4.69, 9.17) is 0 Å². The van der Waals surface area contributed by atoms with Crippen LogP contribution in [0.3, 0.4) is 0 Å². The maximum Gasteiger partial charge on any atom is 0.253 e. The van der Waals surface area contributed by atoms with Gasteiger partial charge in [0.25, 0.3) is 5.91 Å². The van der Waals surface area contributed by atoms with Crippen LogP contribution in [0.4, 0.5) is 5.69 Å². The summed E-state index contributed by atoms with van der Waals surface area (Å²) < 4.78 is 0. The van der Waals surface area contributed by atoms with E-state index in [0.29, 0.717) is 18.0 Å². The third-order valence-corrected chi connectivity index (χ3v) is 3.42. The van der Waals surface area contributed by atoms with Crippen LogP contribution in [0.1, 0.15) is 37.0 Å². The lowest BCUT2D eigenvalue weighted by Gasteiger charge is -2.25. The zero-order chi connectivity index (χ0) is 13.8. The Kier molecular flexibility index (Phi) is 4.20. The van der Waals surface area contributed by atoms with E-state index in [-0.39, 0.29) is 18.4 Å². The first kappa shape index (κ1) is 13.6. The highest BCUT2D eigenvalue weighted by Crippen LogP contribution is 2.24. The predicted octanol–water partition coefficient (Wildman–Crippen LogP) is 2.20. The Balaban J connectivity index is 2.32. The maximum absolute atomic E-state index is 12.2. The molecule has 0 saturated carbocycles. The van der Waals surface area contributed by atoms with Crippen LogP contribution in [0, 0.1) is 5.92 Å². The molecule has 1 N–H and O–H groups in total. The van der Waals surface area contributed by atoms with Crippen molar-refractivity contribution < 1.29 is 9.59 Å². The summed E-state index contributed by atoms with van der Waals surface area (Å²) in [4.78, 5) is 25.8. The third-order valence-electron chi connectivity index (χ3n) is 3.42. The second kappa shape index (κ2) is 5.87. The summed E-state index contributed by atoms with van der Waals surface area (Å²) in [6.07, 6.45) is 2.18. The van der Waals surface area contributed by atoms with E-state index in [0.717, 1.165) is 18.5 Å². The Bertz CT molecular complexity index is 485. The second-order valence-corrected chi connectivity index (χ2v) is 5.10. The number of nitrogens with one attached hydrogen (secondary N) is 1. The molecule has 1 aliphatic heterocycles. The Labute approximate surface area is 113 Å². The smallest absolute Gasteiger partial charge is 0.253 e. The summed E-state index contributed by atoms with van der Waals surface area (Å²) in [5.74, 6) is 0.214.